The predicted octanol–water partition coefficient (Wildman–Crippen LogP) is 2.09. The molecule has 1 aliphatic carbocycles. The number of rotatable bonds is 2. The summed E-state index contributed by atoms with van der Waals surface area (Å²) >= 11 is 5.95. The number of hydrogen-bond acceptors (Lipinski definition) is 3. The van der Waals surface area contributed by atoms with Crippen molar-refractivity contribution < 1.29 is 4.79 Å². The maximum absolute atomic E-state index is 12.2. The van der Waals surface area contributed by atoms with Crippen molar-refractivity contribution in [2.75, 3.05) is 18.5 Å². The molecule has 0 N–H and O–H groups in total. The molecule has 2 heterocycles. The number of halogens is 1. The van der Waals surface area contributed by atoms with Gasteiger partial charge in [-0.15, -0.1) is 0 Å². The Bertz CT molecular complexity index is 483. The van der Waals surface area contributed by atoms with Gasteiger partial charge in [0.05, 0.1) is 6.04 Å². The summed E-state index contributed by atoms with van der Waals surface area (Å²) in [5.74, 6) is 1.82. The third-order valence-corrected chi connectivity index (χ3v) is 3.72. The molecular formula is C12H15ClN4O. The van der Waals surface area contributed by atoms with Crippen molar-refractivity contribution in [2.24, 2.45) is 5.92 Å². The first-order chi connectivity index (χ1) is 8.56. The van der Waals surface area contributed by atoms with Crippen LogP contribution < -0.4 is 4.90 Å². The highest BCUT2D eigenvalue weighted by Gasteiger charge is 2.45. The summed E-state index contributed by atoms with van der Waals surface area (Å²) in [7, 11) is 1.83. The number of aryl methyl sites for hydroxylation is 1. The molecule has 2 aliphatic rings. The molecule has 0 unspecified atom stereocenters. The molecule has 0 aromatic carbocycles. The van der Waals surface area contributed by atoms with Crippen LogP contribution in [0.4, 0.5) is 10.6 Å². The Balaban J connectivity index is 1.99. The third-order valence-electron chi connectivity index (χ3n) is 3.53. The van der Waals surface area contributed by atoms with Crippen LogP contribution in [0.15, 0.2) is 6.07 Å². The van der Waals surface area contributed by atoms with Crippen LogP contribution in [0.3, 0.4) is 0 Å². The largest absolute Gasteiger partial charge is 0.325 e. The van der Waals surface area contributed by atoms with Gasteiger partial charge in [0.25, 0.3) is 0 Å². The quantitative estimate of drug-likeness (QED) is 0.770. The molecule has 0 bridgehead atoms. The van der Waals surface area contributed by atoms with E-state index in [1.54, 1.807) is 22.8 Å². The number of hydrogen-bond donors (Lipinski definition) is 0. The van der Waals surface area contributed by atoms with E-state index in [1.165, 1.54) is 12.8 Å². The second-order valence-electron chi connectivity index (χ2n) is 5.03. The lowest BCUT2D eigenvalue weighted by Crippen LogP contribution is -2.36. The summed E-state index contributed by atoms with van der Waals surface area (Å²) in [6.07, 6.45) is 2.39. The molecule has 6 heteroatoms. The number of likely N-dealkylation sites (N-methyl/N-ethyl adjacent to an activating group) is 1. The lowest BCUT2D eigenvalue weighted by atomic mass is 10.2. The van der Waals surface area contributed by atoms with E-state index in [0.29, 0.717) is 22.7 Å². The molecule has 1 aliphatic heterocycles. The second-order valence-corrected chi connectivity index (χ2v) is 5.42. The van der Waals surface area contributed by atoms with Gasteiger partial charge < -0.3 is 4.90 Å². The summed E-state index contributed by atoms with van der Waals surface area (Å²) in [4.78, 5) is 24.1. The molecule has 3 rings (SSSR count). The maximum atomic E-state index is 12.2. The topological polar surface area (TPSA) is 49.3 Å². The van der Waals surface area contributed by atoms with E-state index >= 15 is 0 Å². The third kappa shape index (κ3) is 1.92. The standard InChI is InChI=1S/C12H15ClN4O/c1-7-14-10(13)5-11(15-7)17-9(8-3-4-8)6-16(2)12(17)18/h5,8-9H,3-4,6H2,1-2H3/t9-/m1/s1. The van der Waals surface area contributed by atoms with Gasteiger partial charge >= 0.3 is 6.03 Å². The van der Waals surface area contributed by atoms with E-state index in [0.717, 1.165) is 6.54 Å². The minimum atomic E-state index is 0.000988. The van der Waals surface area contributed by atoms with E-state index in [1.807, 2.05) is 7.05 Å². The Morgan fingerprint density at radius 3 is 2.72 bits per heavy atom. The van der Waals surface area contributed by atoms with Crippen LogP contribution in [0.25, 0.3) is 0 Å². The van der Waals surface area contributed by atoms with Crippen molar-refractivity contribution in [3.8, 4) is 0 Å². The Hall–Kier alpha value is -1.36. The van der Waals surface area contributed by atoms with Gasteiger partial charge in [-0.2, -0.15) is 0 Å². The molecule has 5 nitrogen and oxygen atoms in total. The Morgan fingerprint density at radius 1 is 1.39 bits per heavy atom. The predicted molar refractivity (Wildman–Crippen MR) is 68.8 cm³/mol. The van der Waals surface area contributed by atoms with Gasteiger partial charge in [0.2, 0.25) is 0 Å². The summed E-state index contributed by atoms with van der Waals surface area (Å²) in [5.41, 5.74) is 0. The molecule has 0 spiro atoms. The lowest BCUT2D eigenvalue weighted by molar-refractivity contribution is 0.229. The zero-order valence-corrected chi connectivity index (χ0v) is 11.2. The molecule has 1 saturated heterocycles. The van der Waals surface area contributed by atoms with Gasteiger partial charge in [-0.3, -0.25) is 4.90 Å². The minimum Gasteiger partial charge on any atom is -0.325 e. The van der Waals surface area contributed by atoms with Crippen LogP contribution in [-0.2, 0) is 0 Å². The lowest BCUT2D eigenvalue weighted by Gasteiger charge is -2.22. The fraction of sp³-hybridized carbons (Fsp3) is 0.583. The first kappa shape index (κ1) is 11.7. The number of anilines is 1. The SMILES string of the molecule is Cc1nc(Cl)cc(N2C(=O)N(C)C[C@@H]2C2CC2)n1. The average Bonchev–Trinajstić information content (AvgIpc) is 3.06. The number of nitrogens with zero attached hydrogens (tertiary/aromatic N) is 4. The minimum absolute atomic E-state index is 0.000988. The highest BCUT2D eigenvalue weighted by molar-refractivity contribution is 6.29. The number of carbonyl (C=O) groups is 1. The fourth-order valence-electron chi connectivity index (χ4n) is 2.51. The molecule has 1 saturated carbocycles. The summed E-state index contributed by atoms with van der Waals surface area (Å²) in [6, 6.07) is 1.90. The van der Waals surface area contributed by atoms with Crippen LogP contribution in [0, 0.1) is 12.8 Å². The molecular weight excluding hydrogens is 252 g/mol. The smallest absolute Gasteiger partial charge is 0.325 e. The van der Waals surface area contributed by atoms with Gasteiger partial charge in [0, 0.05) is 19.7 Å². The van der Waals surface area contributed by atoms with Gasteiger partial charge in [-0.25, -0.2) is 14.8 Å². The zero-order chi connectivity index (χ0) is 12.9. The fourth-order valence-corrected chi connectivity index (χ4v) is 2.73. The van der Waals surface area contributed by atoms with Crippen LogP contribution in [-0.4, -0.2) is 40.5 Å². The van der Waals surface area contributed by atoms with Crippen molar-refractivity contribution in [1.82, 2.24) is 14.9 Å². The van der Waals surface area contributed by atoms with Crippen LogP contribution in [0.1, 0.15) is 18.7 Å². The van der Waals surface area contributed by atoms with Crippen molar-refractivity contribution in [3.63, 3.8) is 0 Å². The number of carbonyl (C=O) groups excluding carboxylic acids is 1. The van der Waals surface area contributed by atoms with E-state index < -0.39 is 0 Å². The van der Waals surface area contributed by atoms with Gasteiger partial charge in [0.15, 0.2) is 0 Å². The van der Waals surface area contributed by atoms with Crippen LogP contribution >= 0.6 is 11.6 Å². The van der Waals surface area contributed by atoms with Crippen molar-refractivity contribution in [1.29, 1.82) is 0 Å². The van der Waals surface area contributed by atoms with E-state index in [-0.39, 0.29) is 12.1 Å². The molecule has 1 aromatic heterocycles. The first-order valence-corrected chi connectivity index (χ1v) is 6.49. The molecule has 2 fully saturated rings. The molecule has 1 aromatic rings. The van der Waals surface area contributed by atoms with Crippen LogP contribution in [0.2, 0.25) is 5.15 Å². The second kappa shape index (κ2) is 4.09. The first-order valence-electron chi connectivity index (χ1n) is 6.12. The van der Waals surface area contributed by atoms with E-state index in [2.05, 4.69) is 9.97 Å². The maximum Gasteiger partial charge on any atom is 0.325 e. The highest BCUT2D eigenvalue weighted by Crippen LogP contribution is 2.40. The Kier molecular flexibility index (Phi) is 2.66. The molecule has 96 valence electrons. The molecule has 2 amide bonds. The molecule has 0 radical (unpaired) electrons. The van der Waals surface area contributed by atoms with Gasteiger partial charge in [-0.05, 0) is 25.7 Å². The van der Waals surface area contributed by atoms with Crippen molar-refractivity contribution in [2.45, 2.75) is 25.8 Å². The average molecular weight is 267 g/mol. The summed E-state index contributed by atoms with van der Waals surface area (Å²) in [6.45, 7) is 2.55. The monoisotopic (exact) mass is 266 g/mol. The van der Waals surface area contributed by atoms with Gasteiger partial charge in [-0.1, -0.05) is 11.6 Å². The van der Waals surface area contributed by atoms with E-state index in [4.69, 9.17) is 11.6 Å². The number of aromatic nitrogens is 2. The molecule has 1 atom stereocenters. The highest BCUT2D eigenvalue weighted by atomic mass is 35.5. The Labute approximate surface area is 111 Å². The van der Waals surface area contributed by atoms with Crippen molar-refractivity contribution >= 4 is 23.4 Å². The number of amides is 2. The van der Waals surface area contributed by atoms with Gasteiger partial charge in [0.1, 0.15) is 16.8 Å². The normalized spacial score (nSPS) is 23.9. The van der Waals surface area contributed by atoms with E-state index in [9.17, 15) is 4.79 Å². The van der Waals surface area contributed by atoms with Crippen molar-refractivity contribution in [3.05, 3.63) is 17.0 Å². The zero-order valence-electron chi connectivity index (χ0n) is 10.4. The molecule has 18 heavy (non-hydrogen) atoms. The summed E-state index contributed by atoms with van der Waals surface area (Å²) in [5, 5.41) is 0.384. The Morgan fingerprint density at radius 2 is 2.11 bits per heavy atom. The number of urea groups is 1. The summed E-state index contributed by atoms with van der Waals surface area (Å²) < 4.78 is 0. The van der Waals surface area contributed by atoms with Crippen LogP contribution in [0.5, 0.6) is 0 Å².